The number of rotatable bonds is 3. The van der Waals surface area contributed by atoms with E-state index in [4.69, 9.17) is 4.42 Å². The smallest absolute Gasteiger partial charge is 0.550 e. The number of thiophene rings is 1. The minimum absolute atomic E-state index is 0. The van der Waals surface area contributed by atoms with Gasteiger partial charge in [0.1, 0.15) is 11.3 Å². The van der Waals surface area contributed by atoms with Gasteiger partial charge in [-0.05, 0) is 34.1 Å². The fourth-order valence-corrected chi connectivity index (χ4v) is 3.44. The van der Waals surface area contributed by atoms with E-state index in [-0.39, 0.29) is 41.4 Å². The first-order valence-electron chi connectivity index (χ1n) is 6.06. The van der Waals surface area contributed by atoms with Crippen molar-refractivity contribution in [2.24, 2.45) is 0 Å². The van der Waals surface area contributed by atoms with E-state index >= 15 is 0 Å². The molecule has 0 aliphatic carbocycles. The van der Waals surface area contributed by atoms with Crippen LogP contribution in [0.25, 0.3) is 21.6 Å². The summed E-state index contributed by atoms with van der Waals surface area (Å²) in [6, 6.07) is 9.99. The van der Waals surface area contributed by atoms with E-state index in [0.29, 0.717) is 22.3 Å². The zero-order valence-corrected chi connectivity index (χ0v) is 16.0. The Morgan fingerprint density at radius 1 is 1.27 bits per heavy atom. The number of para-hydroxylation sites is 1. The SMILES string of the molecule is O=C([O-])Cc1cccc2c(=O)cc(-c3ccc(Br)s3)oc12.[Na+]. The van der Waals surface area contributed by atoms with Crippen molar-refractivity contribution in [2.75, 3.05) is 0 Å². The molecule has 2 aromatic heterocycles. The molecule has 3 aromatic rings. The minimum Gasteiger partial charge on any atom is -0.550 e. The van der Waals surface area contributed by atoms with E-state index in [2.05, 4.69) is 15.9 Å². The van der Waals surface area contributed by atoms with Gasteiger partial charge in [0.05, 0.1) is 14.0 Å². The number of aliphatic carboxylic acids is 1. The summed E-state index contributed by atoms with van der Waals surface area (Å²) >= 11 is 4.79. The van der Waals surface area contributed by atoms with Gasteiger partial charge >= 0.3 is 29.6 Å². The number of benzene rings is 1. The van der Waals surface area contributed by atoms with Crippen LogP contribution >= 0.6 is 27.3 Å². The monoisotopic (exact) mass is 386 g/mol. The third-order valence-corrected chi connectivity index (χ3v) is 4.63. The molecule has 106 valence electrons. The summed E-state index contributed by atoms with van der Waals surface area (Å²) in [5.41, 5.74) is 0.534. The van der Waals surface area contributed by atoms with Crippen molar-refractivity contribution >= 4 is 44.2 Å². The van der Waals surface area contributed by atoms with Gasteiger partial charge in [-0.3, -0.25) is 4.79 Å². The Hall–Kier alpha value is -0.920. The molecule has 0 radical (unpaired) electrons. The van der Waals surface area contributed by atoms with E-state index in [9.17, 15) is 14.7 Å². The van der Waals surface area contributed by atoms with Crippen LogP contribution in [0, 0.1) is 0 Å². The van der Waals surface area contributed by atoms with Gasteiger partial charge in [-0.25, -0.2) is 0 Å². The Kier molecular flexibility index (Phi) is 5.63. The molecular formula is C15H8BrNaO4S. The molecule has 1 aromatic carbocycles. The molecule has 0 saturated carbocycles. The van der Waals surface area contributed by atoms with Crippen molar-refractivity contribution in [3.8, 4) is 10.6 Å². The van der Waals surface area contributed by atoms with Crippen molar-refractivity contribution in [1.29, 1.82) is 0 Å². The normalized spacial score (nSPS) is 10.4. The van der Waals surface area contributed by atoms with Crippen LogP contribution in [0.3, 0.4) is 0 Å². The first-order chi connectivity index (χ1) is 10.0. The summed E-state index contributed by atoms with van der Waals surface area (Å²) in [5, 5.41) is 11.2. The van der Waals surface area contributed by atoms with Crippen molar-refractivity contribution in [3.63, 3.8) is 0 Å². The number of fused-ring (bicyclic) bond motifs is 1. The number of carbonyl (C=O) groups is 1. The Labute approximate surface area is 160 Å². The summed E-state index contributed by atoms with van der Waals surface area (Å²) in [4.78, 5) is 23.8. The number of hydrogen-bond donors (Lipinski definition) is 0. The zero-order valence-electron chi connectivity index (χ0n) is 11.6. The first-order valence-corrected chi connectivity index (χ1v) is 7.67. The van der Waals surface area contributed by atoms with Crippen LogP contribution in [-0.4, -0.2) is 5.97 Å². The van der Waals surface area contributed by atoms with E-state index in [1.165, 1.54) is 17.4 Å². The molecule has 0 aliphatic rings. The van der Waals surface area contributed by atoms with Gasteiger partial charge in [-0.15, -0.1) is 11.3 Å². The molecule has 3 rings (SSSR count). The maximum atomic E-state index is 12.2. The second kappa shape index (κ2) is 7.10. The van der Waals surface area contributed by atoms with Crippen LogP contribution in [0.4, 0.5) is 0 Å². The molecule has 0 atom stereocenters. The Morgan fingerprint density at radius 3 is 2.68 bits per heavy atom. The van der Waals surface area contributed by atoms with Crippen molar-refractivity contribution in [3.05, 3.63) is 56.0 Å². The average Bonchev–Trinajstić information content (AvgIpc) is 2.85. The zero-order chi connectivity index (χ0) is 15.0. The fraction of sp³-hybridized carbons (Fsp3) is 0.0667. The number of carboxylic acids is 1. The standard InChI is InChI=1S/C15H9BrO4S.Na/c16-13-5-4-12(21-13)11-7-10(17)9-3-1-2-8(6-14(18)19)15(9)20-11;/h1-5,7H,6H2,(H,18,19);/q;+1/p-1. The third kappa shape index (κ3) is 3.52. The quantitative estimate of drug-likeness (QED) is 0.573. The molecule has 0 aliphatic heterocycles. The molecule has 7 heteroatoms. The van der Waals surface area contributed by atoms with E-state index in [1.54, 1.807) is 18.2 Å². The van der Waals surface area contributed by atoms with Crippen LogP contribution < -0.4 is 40.1 Å². The molecule has 0 amide bonds. The molecule has 22 heavy (non-hydrogen) atoms. The van der Waals surface area contributed by atoms with Crippen molar-refractivity contribution in [1.82, 2.24) is 0 Å². The molecular weight excluding hydrogens is 379 g/mol. The average molecular weight is 387 g/mol. The number of carboxylic acid groups (broad SMARTS) is 1. The Balaban J connectivity index is 0.00000176. The molecule has 0 saturated heterocycles. The molecule has 2 heterocycles. The Morgan fingerprint density at radius 2 is 2.05 bits per heavy atom. The topological polar surface area (TPSA) is 70.3 Å². The van der Waals surface area contributed by atoms with Crippen LogP contribution in [0.15, 0.2) is 49.4 Å². The van der Waals surface area contributed by atoms with Gasteiger partial charge in [-0.1, -0.05) is 12.1 Å². The second-order valence-corrected chi connectivity index (χ2v) is 6.88. The second-order valence-electron chi connectivity index (χ2n) is 4.42. The van der Waals surface area contributed by atoms with Crippen LogP contribution in [0.1, 0.15) is 5.56 Å². The largest absolute Gasteiger partial charge is 1.00 e. The van der Waals surface area contributed by atoms with Crippen molar-refractivity contribution in [2.45, 2.75) is 6.42 Å². The maximum absolute atomic E-state index is 12.2. The summed E-state index contributed by atoms with van der Waals surface area (Å²) in [7, 11) is 0. The van der Waals surface area contributed by atoms with Gasteiger partial charge in [0.2, 0.25) is 0 Å². The molecule has 0 spiro atoms. The van der Waals surface area contributed by atoms with Gasteiger partial charge in [0, 0.05) is 24.0 Å². The summed E-state index contributed by atoms with van der Waals surface area (Å²) in [6.45, 7) is 0. The predicted octanol–water partition coefficient (Wildman–Crippen LogP) is -0.420. The Bertz CT molecular complexity index is 900. The van der Waals surface area contributed by atoms with E-state index in [1.807, 2.05) is 12.1 Å². The fourth-order valence-electron chi connectivity index (χ4n) is 2.10. The minimum atomic E-state index is -1.21. The summed E-state index contributed by atoms with van der Waals surface area (Å²) in [5.74, 6) is -0.789. The molecule has 4 nitrogen and oxygen atoms in total. The van der Waals surface area contributed by atoms with Crippen LogP contribution in [-0.2, 0) is 11.2 Å². The molecule has 0 fully saturated rings. The predicted molar refractivity (Wildman–Crippen MR) is 82.2 cm³/mol. The maximum Gasteiger partial charge on any atom is 1.00 e. The molecule has 0 bridgehead atoms. The number of hydrogen-bond acceptors (Lipinski definition) is 5. The van der Waals surface area contributed by atoms with Gasteiger partial charge < -0.3 is 14.3 Å². The van der Waals surface area contributed by atoms with Crippen LogP contribution in [0.5, 0.6) is 0 Å². The van der Waals surface area contributed by atoms with Crippen molar-refractivity contribution < 1.29 is 43.9 Å². The van der Waals surface area contributed by atoms with E-state index < -0.39 is 5.97 Å². The molecule has 0 N–H and O–H groups in total. The van der Waals surface area contributed by atoms with E-state index in [0.717, 1.165) is 8.66 Å². The third-order valence-electron chi connectivity index (χ3n) is 2.99. The first kappa shape index (κ1) is 17.4. The van der Waals surface area contributed by atoms with Crippen LogP contribution in [0.2, 0.25) is 0 Å². The van der Waals surface area contributed by atoms with Gasteiger partial charge in [0.25, 0.3) is 0 Å². The number of carbonyl (C=O) groups excluding carboxylic acids is 1. The summed E-state index contributed by atoms with van der Waals surface area (Å²) < 4.78 is 6.69. The van der Waals surface area contributed by atoms with Gasteiger partial charge in [0.15, 0.2) is 5.43 Å². The number of halogens is 1. The summed E-state index contributed by atoms with van der Waals surface area (Å²) in [6.07, 6.45) is -0.294. The molecule has 0 unspecified atom stereocenters. The van der Waals surface area contributed by atoms with Gasteiger partial charge in [-0.2, -0.15) is 0 Å².